The van der Waals surface area contributed by atoms with Gasteiger partial charge < -0.3 is 19.7 Å². The van der Waals surface area contributed by atoms with Crippen LogP contribution in [0.5, 0.6) is 5.75 Å². The fraction of sp³-hybridized carbons (Fsp3) is 0.588. The third-order valence-electron chi connectivity index (χ3n) is 3.71. The molecule has 1 saturated heterocycles. The van der Waals surface area contributed by atoms with Crippen LogP contribution in [-0.2, 0) is 4.74 Å². The molecule has 1 aliphatic rings. The highest BCUT2D eigenvalue weighted by Crippen LogP contribution is 2.28. The first-order valence-electron chi connectivity index (χ1n) is 7.87. The average molecular weight is 341 g/mol. The zero-order valence-electron chi connectivity index (χ0n) is 14.2. The van der Waals surface area contributed by atoms with Gasteiger partial charge in [-0.3, -0.25) is 0 Å². The number of nitrogens with one attached hydrogen (secondary N) is 1. The number of nitrogens with zero attached hydrogens (tertiary/aromatic N) is 1. The van der Waals surface area contributed by atoms with E-state index in [2.05, 4.69) is 5.32 Å². The van der Waals surface area contributed by atoms with E-state index in [4.69, 9.17) is 21.1 Å². The molecule has 0 radical (unpaired) electrons. The van der Waals surface area contributed by atoms with Crippen LogP contribution in [0, 0.1) is 0 Å². The Kier molecular flexibility index (Phi) is 5.63. The Morgan fingerprint density at radius 1 is 1.43 bits per heavy atom. The number of halogens is 1. The molecule has 1 amide bonds. The van der Waals surface area contributed by atoms with Crippen LogP contribution in [-0.4, -0.2) is 42.8 Å². The van der Waals surface area contributed by atoms with Gasteiger partial charge in [-0.2, -0.15) is 0 Å². The molecule has 1 heterocycles. The molecule has 6 heteroatoms. The van der Waals surface area contributed by atoms with Crippen LogP contribution in [0.25, 0.3) is 0 Å². The number of carbonyl (C=O) groups excluding carboxylic acids is 1. The fourth-order valence-corrected chi connectivity index (χ4v) is 2.79. The first-order chi connectivity index (χ1) is 10.8. The van der Waals surface area contributed by atoms with E-state index in [-0.39, 0.29) is 12.1 Å². The molecule has 0 bridgehead atoms. The van der Waals surface area contributed by atoms with E-state index < -0.39 is 5.60 Å². The molecule has 5 nitrogen and oxygen atoms in total. The number of hydrogen-bond donors (Lipinski definition) is 1. The lowest BCUT2D eigenvalue weighted by molar-refractivity contribution is 0.0235. The summed E-state index contributed by atoms with van der Waals surface area (Å²) in [5.41, 5.74) is 0.329. The number of amides is 1. The minimum absolute atomic E-state index is 0.104. The smallest absolute Gasteiger partial charge is 0.410 e. The maximum absolute atomic E-state index is 12.3. The van der Waals surface area contributed by atoms with Gasteiger partial charge in [-0.15, -0.1) is 0 Å². The van der Waals surface area contributed by atoms with Gasteiger partial charge in [0.1, 0.15) is 11.4 Å². The molecule has 0 spiro atoms. The Morgan fingerprint density at radius 2 is 2.17 bits per heavy atom. The van der Waals surface area contributed by atoms with Gasteiger partial charge in [0, 0.05) is 19.2 Å². The summed E-state index contributed by atoms with van der Waals surface area (Å²) in [6, 6.07) is 5.57. The van der Waals surface area contributed by atoms with Crippen molar-refractivity contribution in [3.63, 3.8) is 0 Å². The number of ether oxygens (including phenoxy) is 2. The quantitative estimate of drug-likeness (QED) is 0.894. The number of methoxy groups -OCH3 is 1. The molecule has 0 saturated carbocycles. The lowest BCUT2D eigenvalue weighted by atomic mass is 10.2. The van der Waals surface area contributed by atoms with Gasteiger partial charge in [0.25, 0.3) is 0 Å². The molecular weight excluding hydrogens is 316 g/mol. The van der Waals surface area contributed by atoms with Crippen molar-refractivity contribution in [2.24, 2.45) is 0 Å². The first-order valence-corrected chi connectivity index (χ1v) is 8.25. The van der Waals surface area contributed by atoms with Crippen molar-refractivity contribution in [3.05, 3.63) is 23.2 Å². The third-order valence-corrected chi connectivity index (χ3v) is 4.04. The zero-order valence-corrected chi connectivity index (χ0v) is 14.9. The van der Waals surface area contributed by atoms with E-state index in [1.807, 2.05) is 32.9 Å². The van der Waals surface area contributed by atoms with Crippen LogP contribution in [0.1, 0.15) is 33.6 Å². The van der Waals surface area contributed by atoms with Crippen LogP contribution in [0.3, 0.4) is 0 Å². The van der Waals surface area contributed by atoms with E-state index in [0.717, 1.165) is 30.8 Å². The van der Waals surface area contributed by atoms with Gasteiger partial charge in [0.15, 0.2) is 0 Å². The van der Waals surface area contributed by atoms with Gasteiger partial charge in [-0.1, -0.05) is 11.6 Å². The zero-order chi connectivity index (χ0) is 17.0. The molecule has 0 aliphatic carbocycles. The van der Waals surface area contributed by atoms with Crippen LogP contribution in [0.15, 0.2) is 18.2 Å². The fourth-order valence-electron chi connectivity index (χ4n) is 2.60. The Balaban J connectivity index is 1.98. The summed E-state index contributed by atoms with van der Waals surface area (Å²) in [7, 11) is 1.62. The van der Waals surface area contributed by atoms with E-state index >= 15 is 0 Å². The highest BCUT2D eigenvalue weighted by Gasteiger charge is 2.32. The summed E-state index contributed by atoms with van der Waals surface area (Å²) in [4.78, 5) is 14.1. The average Bonchev–Trinajstić information content (AvgIpc) is 2.93. The Bertz CT molecular complexity index is 557. The minimum Gasteiger partial charge on any atom is -0.497 e. The maximum atomic E-state index is 12.3. The van der Waals surface area contributed by atoms with E-state index in [0.29, 0.717) is 11.6 Å². The largest absolute Gasteiger partial charge is 0.497 e. The molecule has 1 aromatic rings. The summed E-state index contributed by atoms with van der Waals surface area (Å²) >= 11 is 6.20. The van der Waals surface area contributed by atoms with Crippen molar-refractivity contribution < 1.29 is 14.3 Å². The predicted octanol–water partition coefficient (Wildman–Crippen LogP) is 4.16. The molecule has 128 valence electrons. The highest BCUT2D eigenvalue weighted by atomic mass is 35.5. The van der Waals surface area contributed by atoms with E-state index in [9.17, 15) is 4.79 Å². The van der Waals surface area contributed by atoms with Crippen LogP contribution in [0.4, 0.5) is 10.5 Å². The predicted molar refractivity (Wildman–Crippen MR) is 92.5 cm³/mol. The second-order valence-corrected chi connectivity index (χ2v) is 7.10. The topological polar surface area (TPSA) is 50.8 Å². The Labute approximate surface area is 142 Å². The Hall–Kier alpha value is -1.62. The van der Waals surface area contributed by atoms with Crippen molar-refractivity contribution in [2.75, 3.05) is 25.5 Å². The SMILES string of the molecule is COc1ccc(Cl)c(NCC2CCCN2C(=O)OC(C)(C)C)c1. The molecule has 1 aliphatic heterocycles. The third kappa shape index (κ3) is 4.93. The van der Waals surface area contributed by atoms with Crippen LogP contribution < -0.4 is 10.1 Å². The summed E-state index contributed by atoms with van der Waals surface area (Å²) in [5.74, 6) is 0.743. The second-order valence-electron chi connectivity index (χ2n) is 6.70. The number of likely N-dealkylation sites (tertiary alicyclic amines) is 1. The van der Waals surface area contributed by atoms with Gasteiger partial charge in [-0.05, 0) is 45.7 Å². The molecule has 1 N–H and O–H groups in total. The van der Waals surface area contributed by atoms with Crippen molar-refractivity contribution in [1.29, 1.82) is 0 Å². The van der Waals surface area contributed by atoms with Crippen molar-refractivity contribution in [3.8, 4) is 5.75 Å². The normalized spacial score (nSPS) is 18.0. The molecule has 0 aromatic heterocycles. The molecule has 2 rings (SSSR count). The second kappa shape index (κ2) is 7.30. The number of carbonyl (C=O) groups is 1. The van der Waals surface area contributed by atoms with Gasteiger partial charge in [0.2, 0.25) is 0 Å². The van der Waals surface area contributed by atoms with E-state index in [1.54, 1.807) is 18.1 Å². The van der Waals surface area contributed by atoms with Crippen LogP contribution >= 0.6 is 11.6 Å². The summed E-state index contributed by atoms with van der Waals surface area (Å²) in [6.07, 6.45) is 1.68. The standard InChI is InChI=1S/C17H25ClN2O3/c1-17(2,3)23-16(21)20-9-5-6-12(20)11-19-15-10-13(22-4)7-8-14(15)18/h7-8,10,12,19H,5-6,9,11H2,1-4H3. The molecule has 1 unspecified atom stereocenters. The first kappa shape index (κ1) is 17.7. The highest BCUT2D eigenvalue weighted by molar-refractivity contribution is 6.33. The monoisotopic (exact) mass is 340 g/mol. The van der Waals surface area contributed by atoms with Gasteiger partial charge >= 0.3 is 6.09 Å². The maximum Gasteiger partial charge on any atom is 0.410 e. The molecule has 1 fully saturated rings. The van der Waals surface area contributed by atoms with Crippen molar-refractivity contribution in [1.82, 2.24) is 4.90 Å². The number of benzene rings is 1. The molecular formula is C17H25ClN2O3. The van der Waals surface area contributed by atoms with Crippen LogP contribution in [0.2, 0.25) is 5.02 Å². The summed E-state index contributed by atoms with van der Waals surface area (Å²) in [6.45, 7) is 7.00. The van der Waals surface area contributed by atoms with Gasteiger partial charge in [-0.25, -0.2) is 4.79 Å². The summed E-state index contributed by atoms with van der Waals surface area (Å²) < 4.78 is 10.7. The summed E-state index contributed by atoms with van der Waals surface area (Å²) in [5, 5.41) is 3.95. The number of hydrogen-bond acceptors (Lipinski definition) is 4. The molecule has 1 atom stereocenters. The van der Waals surface area contributed by atoms with Gasteiger partial charge in [0.05, 0.1) is 23.9 Å². The van der Waals surface area contributed by atoms with E-state index in [1.165, 1.54) is 0 Å². The molecule has 1 aromatic carbocycles. The minimum atomic E-state index is -0.478. The Morgan fingerprint density at radius 3 is 2.83 bits per heavy atom. The number of rotatable bonds is 4. The molecule has 23 heavy (non-hydrogen) atoms. The van der Waals surface area contributed by atoms with Crippen molar-refractivity contribution >= 4 is 23.4 Å². The van der Waals surface area contributed by atoms with Crippen molar-refractivity contribution in [2.45, 2.75) is 45.3 Å². The lowest BCUT2D eigenvalue weighted by Crippen LogP contribution is -2.42. The number of anilines is 1. The lowest BCUT2D eigenvalue weighted by Gasteiger charge is -2.29.